The van der Waals surface area contributed by atoms with E-state index in [0.717, 1.165) is 19.2 Å². The second kappa shape index (κ2) is 8.73. The van der Waals surface area contributed by atoms with Crippen molar-refractivity contribution in [1.29, 1.82) is 4.78 Å². The molecule has 3 heterocycles. The Kier molecular flexibility index (Phi) is 6.36. The molecule has 0 aliphatic heterocycles. The Morgan fingerprint density at radius 2 is 1.88 bits per heavy atom. The number of carbonyl (C=O) groups is 1. The average molecular weight is 483 g/mol. The molecule has 0 radical (unpaired) electrons. The number of nitrogens with one attached hydrogen (secondary N) is 2. The van der Waals surface area contributed by atoms with Crippen LogP contribution in [-0.4, -0.2) is 31.3 Å². The lowest BCUT2D eigenvalue weighted by molar-refractivity contribution is -0.138. The Bertz CT molecular complexity index is 1340. The highest BCUT2D eigenvalue weighted by Crippen LogP contribution is 2.36. The molecule has 0 aliphatic rings. The number of ether oxygens (including phenoxy) is 1. The van der Waals surface area contributed by atoms with Crippen molar-refractivity contribution < 1.29 is 31.3 Å². The van der Waals surface area contributed by atoms with E-state index in [4.69, 9.17) is 9.52 Å². The molecule has 0 saturated carbocycles. The number of pyridine rings is 3. The third-order valence-corrected chi connectivity index (χ3v) is 5.46. The standard InChI is InChI=1S/C20H17F4N5O3S/c1-10-13(20(22,23)24)9-27-19(32-14-4-5-15(21)28-11(14)2)17(10)18(30)29-12-6-7-26-16(8-12)33(3,25)31/h4-9,25H,1-3H3,(H,26,29,30)/t33-/m0/s1. The minimum absolute atomic E-state index is 0.0109. The molecule has 174 valence electrons. The summed E-state index contributed by atoms with van der Waals surface area (Å²) in [5.41, 5.74) is -1.98. The van der Waals surface area contributed by atoms with Crippen LogP contribution < -0.4 is 10.1 Å². The predicted molar refractivity (Wildman–Crippen MR) is 110 cm³/mol. The Morgan fingerprint density at radius 3 is 2.48 bits per heavy atom. The van der Waals surface area contributed by atoms with E-state index in [9.17, 15) is 26.6 Å². The number of aromatic nitrogens is 3. The molecule has 1 amide bonds. The number of amides is 1. The maximum atomic E-state index is 13.4. The van der Waals surface area contributed by atoms with Gasteiger partial charge in [0.1, 0.15) is 10.6 Å². The second-order valence-electron chi connectivity index (χ2n) is 6.97. The Hall–Kier alpha value is -3.61. The van der Waals surface area contributed by atoms with E-state index in [1.165, 1.54) is 31.3 Å². The lowest BCUT2D eigenvalue weighted by atomic mass is 10.0. The maximum absolute atomic E-state index is 13.4. The first kappa shape index (κ1) is 24.0. The van der Waals surface area contributed by atoms with Gasteiger partial charge in [-0.2, -0.15) is 17.6 Å². The Balaban J connectivity index is 2.08. The van der Waals surface area contributed by atoms with Gasteiger partial charge in [-0.15, -0.1) is 0 Å². The Morgan fingerprint density at radius 1 is 1.18 bits per heavy atom. The van der Waals surface area contributed by atoms with Gasteiger partial charge in [-0.3, -0.25) is 4.79 Å². The highest BCUT2D eigenvalue weighted by Gasteiger charge is 2.36. The van der Waals surface area contributed by atoms with Crippen molar-refractivity contribution in [2.45, 2.75) is 25.0 Å². The van der Waals surface area contributed by atoms with Crippen LogP contribution in [0.25, 0.3) is 0 Å². The van der Waals surface area contributed by atoms with Gasteiger partial charge in [-0.05, 0) is 43.7 Å². The molecule has 0 fully saturated rings. The zero-order chi connectivity index (χ0) is 24.6. The van der Waals surface area contributed by atoms with E-state index in [-0.39, 0.29) is 22.2 Å². The molecule has 3 aromatic rings. The van der Waals surface area contributed by atoms with E-state index < -0.39 is 50.3 Å². The van der Waals surface area contributed by atoms with E-state index in [1.54, 1.807) is 0 Å². The van der Waals surface area contributed by atoms with Gasteiger partial charge in [0.05, 0.1) is 21.0 Å². The first-order valence-corrected chi connectivity index (χ1v) is 11.1. The van der Waals surface area contributed by atoms with Crippen LogP contribution in [0.4, 0.5) is 23.2 Å². The molecule has 8 nitrogen and oxygen atoms in total. The monoisotopic (exact) mass is 483 g/mol. The van der Waals surface area contributed by atoms with Crippen molar-refractivity contribution in [3.63, 3.8) is 0 Å². The number of alkyl halides is 3. The molecule has 0 saturated heterocycles. The molecule has 0 unspecified atom stereocenters. The van der Waals surface area contributed by atoms with E-state index >= 15 is 0 Å². The smallest absolute Gasteiger partial charge is 0.418 e. The molecular formula is C20H17F4N5O3S. The topological polar surface area (TPSA) is 118 Å². The van der Waals surface area contributed by atoms with Gasteiger partial charge in [0.25, 0.3) is 5.91 Å². The van der Waals surface area contributed by atoms with Crippen molar-refractivity contribution in [3.05, 3.63) is 65.0 Å². The summed E-state index contributed by atoms with van der Waals surface area (Å²) < 4.78 is 78.7. The minimum atomic E-state index is -4.79. The number of aryl methyl sites for hydroxylation is 1. The summed E-state index contributed by atoms with van der Waals surface area (Å²) in [4.78, 5) is 24.1. The highest BCUT2D eigenvalue weighted by atomic mass is 32.2. The molecule has 0 spiro atoms. The van der Waals surface area contributed by atoms with Crippen LogP contribution in [0.5, 0.6) is 11.6 Å². The van der Waals surface area contributed by atoms with Crippen LogP contribution in [0.1, 0.15) is 27.2 Å². The first-order chi connectivity index (χ1) is 15.3. The van der Waals surface area contributed by atoms with Gasteiger partial charge in [-0.25, -0.2) is 23.9 Å². The van der Waals surface area contributed by atoms with Crippen LogP contribution >= 0.6 is 0 Å². The van der Waals surface area contributed by atoms with Gasteiger partial charge in [0.15, 0.2) is 5.75 Å². The van der Waals surface area contributed by atoms with E-state index in [1.807, 2.05) is 0 Å². The number of halogens is 4. The molecular weight excluding hydrogens is 466 g/mol. The van der Waals surface area contributed by atoms with E-state index in [0.29, 0.717) is 6.20 Å². The molecule has 2 N–H and O–H groups in total. The summed E-state index contributed by atoms with van der Waals surface area (Å²) in [7, 11) is -3.20. The Labute approximate surface area is 186 Å². The lowest BCUT2D eigenvalue weighted by Crippen LogP contribution is -2.19. The maximum Gasteiger partial charge on any atom is 0.418 e. The van der Waals surface area contributed by atoms with Gasteiger partial charge in [0, 0.05) is 24.3 Å². The van der Waals surface area contributed by atoms with Crippen LogP contribution in [0.15, 0.2) is 41.7 Å². The number of nitrogens with zero attached hydrogens (tertiary/aromatic N) is 3. The van der Waals surface area contributed by atoms with Gasteiger partial charge in [-0.1, -0.05) is 0 Å². The van der Waals surface area contributed by atoms with Crippen LogP contribution in [-0.2, 0) is 15.9 Å². The van der Waals surface area contributed by atoms with Crippen molar-refractivity contribution in [2.24, 2.45) is 0 Å². The SMILES string of the molecule is Cc1nc(F)ccc1Oc1ncc(C(F)(F)F)c(C)c1C(=O)Nc1ccnc([S@@](C)(=N)=O)c1. The summed E-state index contributed by atoms with van der Waals surface area (Å²) in [5, 5.41) is 2.27. The first-order valence-electron chi connectivity index (χ1n) is 9.16. The molecule has 13 heteroatoms. The van der Waals surface area contributed by atoms with E-state index in [2.05, 4.69) is 20.3 Å². The fourth-order valence-electron chi connectivity index (χ4n) is 2.83. The van der Waals surface area contributed by atoms with Gasteiger partial charge < -0.3 is 10.1 Å². The average Bonchev–Trinajstić information content (AvgIpc) is 2.68. The normalized spacial score (nSPS) is 13.3. The summed E-state index contributed by atoms with van der Waals surface area (Å²) in [6, 6.07) is 4.69. The lowest BCUT2D eigenvalue weighted by Gasteiger charge is -2.17. The third-order valence-electron chi connectivity index (χ3n) is 4.44. The molecule has 1 atom stereocenters. The third kappa shape index (κ3) is 5.42. The summed E-state index contributed by atoms with van der Waals surface area (Å²) in [6.45, 7) is 2.50. The van der Waals surface area contributed by atoms with Crippen LogP contribution in [0.2, 0.25) is 0 Å². The summed E-state index contributed by atoms with van der Waals surface area (Å²) >= 11 is 0. The molecule has 3 rings (SSSR count). The minimum Gasteiger partial charge on any atom is -0.436 e. The summed E-state index contributed by atoms with van der Waals surface area (Å²) in [5.74, 6) is -2.25. The number of hydrogen-bond donors (Lipinski definition) is 2. The van der Waals surface area contributed by atoms with Crippen molar-refractivity contribution >= 4 is 21.3 Å². The predicted octanol–water partition coefficient (Wildman–Crippen LogP) is 4.73. The van der Waals surface area contributed by atoms with Gasteiger partial charge >= 0.3 is 6.18 Å². The van der Waals surface area contributed by atoms with Crippen molar-refractivity contribution in [2.75, 3.05) is 11.6 Å². The molecule has 3 aromatic heterocycles. The van der Waals surface area contributed by atoms with Gasteiger partial charge in [0.2, 0.25) is 11.8 Å². The zero-order valence-corrected chi connectivity index (χ0v) is 18.3. The fourth-order valence-corrected chi connectivity index (χ4v) is 3.45. The number of hydrogen-bond acceptors (Lipinski definition) is 7. The molecule has 33 heavy (non-hydrogen) atoms. The second-order valence-corrected chi connectivity index (χ2v) is 9.08. The van der Waals surface area contributed by atoms with Crippen LogP contribution in [0.3, 0.4) is 0 Å². The fraction of sp³-hybridized carbons (Fsp3) is 0.200. The van der Waals surface area contributed by atoms with Crippen molar-refractivity contribution in [1.82, 2.24) is 15.0 Å². The highest BCUT2D eigenvalue weighted by molar-refractivity contribution is 7.91. The molecule has 0 bridgehead atoms. The largest absolute Gasteiger partial charge is 0.436 e. The number of carbonyl (C=O) groups excluding carboxylic acids is 1. The molecule has 0 aromatic carbocycles. The number of anilines is 1. The summed E-state index contributed by atoms with van der Waals surface area (Å²) in [6.07, 6.45) is -1.93. The van der Waals surface area contributed by atoms with Crippen molar-refractivity contribution in [3.8, 4) is 11.6 Å². The molecule has 0 aliphatic carbocycles. The zero-order valence-electron chi connectivity index (χ0n) is 17.5. The van der Waals surface area contributed by atoms with Crippen LogP contribution in [0, 0.1) is 24.6 Å². The number of rotatable bonds is 5. The quantitative estimate of drug-likeness (QED) is 0.400.